The SMILES string of the molecule is Cc1nn(C)c2c1nc(CCl)n2C1CCCOC1. The molecule has 3 rings (SSSR count). The zero-order valence-electron chi connectivity index (χ0n) is 10.7. The van der Waals surface area contributed by atoms with Crippen molar-refractivity contribution in [3.63, 3.8) is 0 Å². The monoisotopic (exact) mass is 268 g/mol. The lowest BCUT2D eigenvalue weighted by atomic mass is 10.1. The smallest absolute Gasteiger partial charge is 0.159 e. The molecule has 1 unspecified atom stereocenters. The lowest BCUT2D eigenvalue weighted by Crippen LogP contribution is -2.23. The van der Waals surface area contributed by atoms with Crippen LogP contribution in [0.25, 0.3) is 11.2 Å². The fourth-order valence-corrected chi connectivity index (χ4v) is 2.93. The highest BCUT2D eigenvalue weighted by atomic mass is 35.5. The van der Waals surface area contributed by atoms with Crippen LogP contribution in [0.2, 0.25) is 0 Å². The van der Waals surface area contributed by atoms with Gasteiger partial charge >= 0.3 is 0 Å². The van der Waals surface area contributed by atoms with Crippen LogP contribution in [-0.2, 0) is 17.7 Å². The van der Waals surface area contributed by atoms with E-state index in [0.29, 0.717) is 11.9 Å². The van der Waals surface area contributed by atoms with Gasteiger partial charge in [-0.15, -0.1) is 11.6 Å². The Hall–Kier alpha value is -1.07. The largest absolute Gasteiger partial charge is 0.379 e. The van der Waals surface area contributed by atoms with Crippen molar-refractivity contribution in [1.82, 2.24) is 19.3 Å². The average molecular weight is 269 g/mol. The van der Waals surface area contributed by atoms with Crippen molar-refractivity contribution in [3.05, 3.63) is 11.5 Å². The van der Waals surface area contributed by atoms with Gasteiger partial charge < -0.3 is 9.30 Å². The van der Waals surface area contributed by atoms with Crippen molar-refractivity contribution < 1.29 is 4.74 Å². The molecule has 0 radical (unpaired) electrons. The van der Waals surface area contributed by atoms with Crippen LogP contribution in [0.1, 0.15) is 30.4 Å². The molecule has 0 bridgehead atoms. The van der Waals surface area contributed by atoms with Crippen LogP contribution in [0.3, 0.4) is 0 Å². The Morgan fingerprint density at radius 3 is 3.00 bits per heavy atom. The second-order valence-electron chi connectivity index (χ2n) is 4.78. The predicted molar refractivity (Wildman–Crippen MR) is 69.9 cm³/mol. The van der Waals surface area contributed by atoms with Crippen molar-refractivity contribution in [2.24, 2.45) is 7.05 Å². The van der Waals surface area contributed by atoms with Gasteiger partial charge in [0.25, 0.3) is 0 Å². The fraction of sp³-hybridized carbons (Fsp3) is 0.667. The lowest BCUT2D eigenvalue weighted by Gasteiger charge is -2.25. The highest BCUT2D eigenvalue weighted by molar-refractivity contribution is 6.16. The van der Waals surface area contributed by atoms with Gasteiger partial charge in [0.1, 0.15) is 11.3 Å². The number of ether oxygens (including phenoxy) is 1. The number of halogens is 1. The minimum atomic E-state index is 0.326. The summed E-state index contributed by atoms with van der Waals surface area (Å²) in [5.74, 6) is 1.34. The van der Waals surface area contributed by atoms with E-state index in [1.165, 1.54) is 0 Å². The third-order valence-electron chi connectivity index (χ3n) is 3.53. The molecule has 18 heavy (non-hydrogen) atoms. The van der Waals surface area contributed by atoms with Gasteiger partial charge in [-0.3, -0.25) is 4.68 Å². The molecule has 1 aliphatic rings. The minimum Gasteiger partial charge on any atom is -0.379 e. The molecule has 0 aromatic carbocycles. The van der Waals surface area contributed by atoms with Gasteiger partial charge in [0, 0.05) is 13.7 Å². The number of rotatable bonds is 2. The van der Waals surface area contributed by atoms with Crippen LogP contribution in [0.4, 0.5) is 0 Å². The van der Waals surface area contributed by atoms with Crippen molar-refractivity contribution in [3.8, 4) is 0 Å². The summed E-state index contributed by atoms with van der Waals surface area (Å²) in [4.78, 5) is 4.62. The first-order valence-corrected chi connectivity index (χ1v) is 6.80. The molecule has 1 atom stereocenters. The molecule has 6 heteroatoms. The maximum absolute atomic E-state index is 6.03. The van der Waals surface area contributed by atoms with Gasteiger partial charge in [0.05, 0.1) is 24.2 Å². The third-order valence-corrected chi connectivity index (χ3v) is 3.77. The zero-order valence-corrected chi connectivity index (χ0v) is 11.4. The van der Waals surface area contributed by atoms with Crippen LogP contribution in [0, 0.1) is 6.92 Å². The Labute approximate surface area is 111 Å². The third kappa shape index (κ3) is 1.73. The maximum Gasteiger partial charge on any atom is 0.159 e. The van der Waals surface area contributed by atoms with Gasteiger partial charge in [0.2, 0.25) is 0 Å². The normalized spacial score (nSPS) is 20.7. The highest BCUT2D eigenvalue weighted by Gasteiger charge is 2.24. The number of hydrogen-bond acceptors (Lipinski definition) is 3. The topological polar surface area (TPSA) is 44.9 Å². The number of imidazole rings is 1. The van der Waals surface area contributed by atoms with Gasteiger partial charge in [-0.1, -0.05) is 0 Å². The second kappa shape index (κ2) is 4.55. The number of aromatic nitrogens is 4. The second-order valence-corrected chi connectivity index (χ2v) is 5.05. The molecule has 98 valence electrons. The van der Waals surface area contributed by atoms with Crippen molar-refractivity contribution in [1.29, 1.82) is 0 Å². The molecular weight excluding hydrogens is 252 g/mol. The highest BCUT2D eigenvalue weighted by Crippen LogP contribution is 2.28. The summed E-state index contributed by atoms with van der Waals surface area (Å²) < 4.78 is 9.68. The molecule has 1 fully saturated rings. The van der Waals surface area contributed by atoms with Crippen molar-refractivity contribution in [2.45, 2.75) is 31.7 Å². The van der Waals surface area contributed by atoms with Crippen molar-refractivity contribution >= 4 is 22.8 Å². The van der Waals surface area contributed by atoms with E-state index in [-0.39, 0.29) is 0 Å². The van der Waals surface area contributed by atoms with Crippen LogP contribution < -0.4 is 0 Å². The van der Waals surface area contributed by atoms with E-state index in [1.54, 1.807) is 0 Å². The number of alkyl halides is 1. The van der Waals surface area contributed by atoms with Gasteiger partial charge in [-0.2, -0.15) is 5.10 Å². The molecule has 0 spiro atoms. The van der Waals surface area contributed by atoms with Crippen LogP contribution >= 0.6 is 11.6 Å². The summed E-state index contributed by atoms with van der Waals surface area (Å²) in [7, 11) is 1.95. The molecule has 2 aromatic rings. The zero-order chi connectivity index (χ0) is 12.7. The molecule has 5 nitrogen and oxygen atoms in total. The van der Waals surface area contributed by atoms with Gasteiger partial charge in [0.15, 0.2) is 5.65 Å². The van der Waals surface area contributed by atoms with Crippen LogP contribution in [0.15, 0.2) is 0 Å². The molecule has 1 aliphatic heterocycles. The summed E-state index contributed by atoms with van der Waals surface area (Å²) in [5.41, 5.74) is 2.96. The standard InChI is InChI=1S/C12H17ClN4O/c1-8-11-12(16(2)15-8)17(10(6-13)14-11)9-4-3-5-18-7-9/h9H,3-7H2,1-2H3. The van der Waals surface area contributed by atoms with Gasteiger partial charge in [-0.25, -0.2) is 4.98 Å². The van der Waals surface area contributed by atoms with Crippen LogP contribution in [0.5, 0.6) is 0 Å². The Balaban J connectivity index is 2.17. The Bertz CT molecular complexity index is 568. The van der Waals surface area contributed by atoms with Crippen molar-refractivity contribution in [2.75, 3.05) is 13.2 Å². The van der Waals surface area contributed by atoms with E-state index in [0.717, 1.165) is 48.7 Å². The number of aryl methyl sites for hydroxylation is 2. The predicted octanol–water partition coefficient (Wildman–Crippen LogP) is 2.17. The number of fused-ring (bicyclic) bond motifs is 1. The molecule has 2 aromatic heterocycles. The first-order valence-electron chi connectivity index (χ1n) is 6.26. The Morgan fingerprint density at radius 1 is 1.50 bits per heavy atom. The van der Waals surface area contributed by atoms with Crippen LogP contribution in [-0.4, -0.2) is 32.5 Å². The molecule has 0 aliphatic carbocycles. The van der Waals surface area contributed by atoms with E-state index in [9.17, 15) is 0 Å². The fourth-order valence-electron chi connectivity index (χ4n) is 2.75. The van der Waals surface area contributed by atoms with E-state index < -0.39 is 0 Å². The number of hydrogen-bond donors (Lipinski definition) is 0. The molecule has 0 saturated carbocycles. The molecule has 0 amide bonds. The Morgan fingerprint density at radius 2 is 2.33 bits per heavy atom. The maximum atomic E-state index is 6.03. The summed E-state index contributed by atoms with van der Waals surface area (Å²) >= 11 is 6.03. The molecular formula is C12H17ClN4O. The van der Waals surface area contributed by atoms with E-state index >= 15 is 0 Å². The van der Waals surface area contributed by atoms with E-state index in [4.69, 9.17) is 16.3 Å². The van der Waals surface area contributed by atoms with E-state index in [2.05, 4.69) is 14.6 Å². The molecule has 1 saturated heterocycles. The first kappa shape index (κ1) is 12.0. The lowest BCUT2D eigenvalue weighted by molar-refractivity contribution is 0.0594. The summed E-state index contributed by atoms with van der Waals surface area (Å²) in [6.07, 6.45) is 2.20. The number of nitrogens with zero attached hydrogens (tertiary/aromatic N) is 4. The average Bonchev–Trinajstić information content (AvgIpc) is 2.90. The molecule has 0 N–H and O–H groups in total. The quantitative estimate of drug-likeness (QED) is 0.784. The first-order chi connectivity index (χ1) is 8.72. The summed E-state index contributed by atoms with van der Waals surface area (Å²) in [6.45, 7) is 3.57. The summed E-state index contributed by atoms with van der Waals surface area (Å²) in [5, 5.41) is 4.43. The van der Waals surface area contributed by atoms with E-state index in [1.807, 2.05) is 18.7 Å². The minimum absolute atomic E-state index is 0.326. The van der Waals surface area contributed by atoms with Gasteiger partial charge in [-0.05, 0) is 19.8 Å². The summed E-state index contributed by atoms with van der Waals surface area (Å²) in [6, 6.07) is 0.326. The molecule has 3 heterocycles. The Kier molecular flexibility index (Phi) is 3.03.